The second-order valence-corrected chi connectivity index (χ2v) is 23.0. The van der Waals surface area contributed by atoms with Gasteiger partial charge < -0.3 is 24.2 Å². The van der Waals surface area contributed by atoms with Crippen LogP contribution >= 0.6 is 7.82 Å². The maximum absolute atomic E-state index is 13.0. The van der Waals surface area contributed by atoms with Crippen LogP contribution in [0.15, 0.2) is 109 Å². The van der Waals surface area contributed by atoms with Gasteiger partial charge in [-0.15, -0.1) is 0 Å². The van der Waals surface area contributed by atoms with Crippen LogP contribution in [0, 0.1) is 0 Å². The lowest BCUT2D eigenvalue weighted by Gasteiger charge is -2.21. The van der Waals surface area contributed by atoms with E-state index in [-0.39, 0.29) is 25.9 Å². The van der Waals surface area contributed by atoms with Crippen LogP contribution in [0.25, 0.3) is 0 Å². The molecule has 12 heteroatoms. The first-order valence-electron chi connectivity index (χ1n) is 32.8. The molecule has 2 N–H and O–H groups in total. The maximum atomic E-state index is 13.0. The van der Waals surface area contributed by atoms with Gasteiger partial charge in [0.05, 0.1) is 19.8 Å². The Morgan fingerprint density at radius 3 is 1.05 bits per heavy atom. The quantitative estimate of drug-likeness (QED) is 0.0197. The fourth-order valence-electron chi connectivity index (χ4n) is 8.69. The molecule has 0 aromatic carbocycles. The van der Waals surface area contributed by atoms with Crippen molar-refractivity contribution in [2.75, 3.05) is 26.4 Å². The Balaban J connectivity index is 4.77. The first kappa shape index (κ1) is 78.1. The van der Waals surface area contributed by atoms with Crippen molar-refractivity contribution in [1.82, 2.24) is 0 Å². The summed E-state index contributed by atoms with van der Waals surface area (Å²) in [6.45, 7) is 4.45. The number of ether oxygens (including phenoxy) is 3. The molecule has 11 nitrogen and oxygen atoms in total. The van der Waals surface area contributed by atoms with Crippen molar-refractivity contribution in [3.05, 3.63) is 109 Å². The van der Waals surface area contributed by atoms with Gasteiger partial charge in [0.2, 0.25) is 0 Å². The number of aliphatic hydroxyl groups excluding tert-OH is 1. The highest BCUT2D eigenvalue weighted by Crippen LogP contribution is 2.43. The number of hydrogen-bond acceptors (Lipinski definition) is 10. The Labute approximate surface area is 501 Å². The summed E-state index contributed by atoms with van der Waals surface area (Å²) in [6.07, 6.45) is 77.6. The molecule has 0 aromatic rings. The van der Waals surface area contributed by atoms with E-state index in [1.54, 1.807) is 0 Å². The minimum Gasteiger partial charge on any atom is -0.462 e. The molecule has 3 unspecified atom stereocenters. The van der Waals surface area contributed by atoms with Crippen molar-refractivity contribution in [2.24, 2.45) is 0 Å². The van der Waals surface area contributed by atoms with Gasteiger partial charge in [-0.1, -0.05) is 246 Å². The van der Waals surface area contributed by atoms with Crippen LogP contribution in [0.1, 0.15) is 278 Å². The van der Waals surface area contributed by atoms with Gasteiger partial charge in [-0.05, 0) is 122 Å². The van der Waals surface area contributed by atoms with E-state index in [4.69, 9.17) is 23.3 Å². The molecule has 0 aromatic heterocycles. The zero-order valence-electron chi connectivity index (χ0n) is 52.2. The molecule has 3 atom stereocenters. The van der Waals surface area contributed by atoms with E-state index in [2.05, 4.69) is 124 Å². The summed E-state index contributed by atoms with van der Waals surface area (Å²) >= 11 is 0. The molecule has 0 fully saturated rings. The number of carbonyl (C=O) groups excluding carboxylic acids is 3. The molecule has 0 amide bonds. The van der Waals surface area contributed by atoms with E-state index >= 15 is 0 Å². The molecule has 0 saturated carbocycles. The van der Waals surface area contributed by atoms with Crippen LogP contribution in [0.2, 0.25) is 0 Å². The average Bonchev–Trinajstić information content (AvgIpc) is 3.47. The summed E-state index contributed by atoms with van der Waals surface area (Å²) in [7, 11) is -4.78. The highest BCUT2D eigenvalue weighted by Gasteiger charge is 2.28. The zero-order valence-corrected chi connectivity index (χ0v) is 53.1. The van der Waals surface area contributed by atoms with Gasteiger partial charge in [0.1, 0.15) is 12.7 Å². The van der Waals surface area contributed by atoms with E-state index in [9.17, 15) is 28.9 Å². The van der Waals surface area contributed by atoms with E-state index in [0.29, 0.717) is 25.7 Å². The van der Waals surface area contributed by atoms with Gasteiger partial charge in [-0.2, -0.15) is 0 Å². The van der Waals surface area contributed by atoms with E-state index in [1.165, 1.54) is 109 Å². The number of unbranched alkanes of at least 4 members (excludes halogenated alkanes) is 25. The summed E-state index contributed by atoms with van der Waals surface area (Å²) in [5.74, 6) is -1.55. The first-order valence-corrected chi connectivity index (χ1v) is 34.3. The van der Waals surface area contributed by atoms with Gasteiger partial charge in [-0.25, -0.2) is 4.57 Å². The molecule has 0 bridgehead atoms. The number of allylic oxidation sites excluding steroid dienone is 18. The average molecular weight is 1170 g/mol. The minimum absolute atomic E-state index is 0.136. The molecule has 0 aliphatic heterocycles. The smallest absolute Gasteiger partial charge is 0.462 e. The lowest BCUT2D eigenvalue weighted by Crippen LogP contribution is -2.30. The van der Waals surface area contributed by atoms with Gasteiger partial charge in [0.25, 0.3) is 0 Å². The van der Waals surface area contributed by atoms with Crippen LogP contribution in [0.3, 0.4) is 0 Å². The molecule has 0 heterocycles. The van der Waals surface area contributed by atoms with Crippen molar-refractivity contribution in [2.45, 2.75) is 290 Å². The van der Waals surface area contributed by atoms with Crippen molar-refractivity contribution in [3.8, 4) is 0 Å². The van der Waals surface area contributed by atoms with E-state index < -0.39 is 57.8 Å². The normalized spacial score (nSPS) is 14.0. The molecular weight excluding hydrogens is 1050 g/mol. The number of carbonyl (C=O) groups is 3. The fraction of sp³-hybridized carbons (Fsp3) is 0.700. The highest BCUT2D eigenvalue weighted by molar-refractivity contribution is 7.47. The van der Waals surface area contributed by atoms with Crippen molar-refractivity contribution >= 4 is 25.7 Å². The lowest BCUT2D eigenvalue weighted by atomic mass is 10.1. The summed E-state index contributed by atoms with van der Waals surface area (Å²) in [5, 5.41) is 9.87. The fourth-order valence-corrected chi connectivity index (χ4v) is 9.47. The summed E-state index contributed by atoms with van der Waals surface area (Å²) in [5.41, 5.74) is 0. The third-order valence-corrected chi connectivity index (χ3v) is 14.6. The van der Waals surface area contributed by atoms with Crippen LogP contribution in [0.4, 0.5) is 0 Å². The number of phosphoric ester groups is 1. The monoisotopic (exact) mass is 1170 g/mol. The maximum Gasteiger partial charge on any atom is 0.472 e. The first-order chi connectivity index (χ1) is 40.2. The lowest BCUT2D eigenvalue weighted by molar-refractivity contribution is -0.161. The molecule has 0 rings (SSSR count). The molecule has 0 radical (unpaired) electrons. The largest absolute Gasteiger partial charge is 0.472 e. The number of hydrogen-bond donors (Lipinski definition) is 2. The Morgan fingerprint density at radius 2 is 0.646 bits per heavy atom. The highest BCUT2D eigenvalue weighted by atomic mass is 31.2. The predicted octanol–water partition coefficient (Wildman–Crippen LogP) is 20.1. The second kappa shape index (κ2) is 63.2. The molecule has 82 heavy (non-hydrogen) atoms. The second-order valence-electron chi connectivity index (χ2n) is 21.5. The van der Waals surface area contributed by atoms with Gasteiger partial charge >= 0.3 is 25.7 Å². The summed E-state index contributed by atoms with van der Waals surface area (Å²) in [6, 6.07) is 0. The van der Waals surface area contributed by atoms with Crippen LogP contribution in [0.5, 0.6) is 0 Å². The molecule has 0 saturated heterocycles. The van der Waals surface area contributed by atoms with Crippen LogP contribution in [-0.4, -0.2) is 66.5 Å². The topological polar surface area (TPSA) is 155 Å². The van der Waals surface area contributed by atoms with Crippen molar-refractivity contribution < 1.29 is 52.2 Å². The van der Waals surface area contributed by atoms with Crippen LogP contribution in [-0.2, 0) is 42.2 Å². The Bertz CT molecular complexity index is 1790. The summed E-state index contributed by atoms with van der Waals surface area (Å²) in [4.78, 5) is 48.8. The SMILES string of the molecule is CC/C=C\C/C=C\C/C=C\C/C=C\C/C=C\CCCC(=O)OCC(COP(=O)(O)OCC(CO)OC(=O)CCCCCCCCCCC/C=C\CCCCCCCC)OC(=O)CCCCCCCC/C=C\C/C=C\C/C=C\CCCCC. The van der Waals surface area contributed by atoms with Gasteiger partial charge in [0, 0.05) is 19.3 Å². The molecule has 0 spiro atoms. The molecule has 0 aliphatic rings. The summed E-state index contributed by atoms with van der Waals surface area (Å²) < 4.78 is 39.6. The predicted molar refractivity (Wildman–Crippen MR) is 343 cm³/mol. The van der Waals surface area contributed by atoms with Gasteiger partial charge in [-0.3, -0.25) is 23.4 Å². The number of rotatable bonds is 60. The molecule has 470 valence electrons. The zero-order chi connectivity index (χ0) is 59.8. The van der Waals surface area contributed by atoms with Crippen molar-refractivity contribution in [3.63, 3.8) is 0 Å². The third kappa shape index (κ3) is 60.7. The van der Waals surface area contributed by atoms with Crippen LogP contribution < -0.4 is 0 Å². The molecule has 0 aliphatic carbocycles. The Morgan fingerprint density at radius 1 is 0.354 bits per heavy atom. The Kier molecular flexibility index (Phi) is 60.2. The van der Waals surface area contributed by atoms with Gasteiger partial charge in [0.15, 0.2) is 6.10 Å². The minimum atomic E-state index is -4.78. The standard InChI is InChI=1S/C70H119O11P/c1-4-7-10-13-16-19-22-25-28-31-33-36-39-42-45-48-51-54-57-60-69(73)80-66(62-71)64-78-82(75,76)79-65-67(63-77-68(72)59-56-53-50-47-44-41-38-35-30-27-24-21-18-15-12-9-6-3)81-70(74)61-58-55-52-49-46-43-40-37-34-32-29-26-23-20-17-14-11-8-5-2/h9,12,17-18,20-21,25-30,34,37-38,41,47,50,66-67,71H,4-8,10-11,13-16,19,22-24,31-33,35-36,39-40,42-46,48-49,51-65H2,1-3H3,(H,75,76)/b12-9-,20-17-,21-18-,28-25-,29-26-,30-27-,37-34-,41-38-,50-47-. The van der Waals surface area contributed by atoms with Crippen molar-refractivity contribution in [1.29, 1.82) is 0 Å². The number of aliphatic hydroxyl groups is 1. The van der Waals surface area contributed by atoms with E-state index in [0.717, 1.165) is 103 Å². The number of esters is 3. The third-order valence-electron chi connectivity index (χ3n) is 13.6. The molecular formula is C70H119O11P. The van der Waals surface area contributed by atoms with E-state index in [1.807, 2.05) is 6.08 Å². The Hall–Kier alpha value is -3.86. The number of phosphoric acid groups is 1.